The van der Waals surface area contributed by atoms with Gasteiger partial charge < -0.3 is 14.5 Å². The second-order valence-electron chi connectivity index (χ2n) is 5.97. The van der Waals surface area contributed by atoms with E-state index in [1.165, 1.54) is 11.8 Å². The lowest BCUT2D eigenvalue weighted by Gasteiger charge is -2.23. The van der Waals surface area contributed by atoms with Crippen molar-refractivity contribution < 1.29 is 13.9 Å². The van der Waals surface area contributed by atoms with Crippen LogP contribution in [0.3, 0.4) is 0 Å². The van der Waals surface area contributed by atoms with Gasteiger partial charge in [-0.3, -0.25) is 4.90 Å². The summed E-state index contributed by atoms with van der Waals surface area (Å²) in [6, 6.07) is 1.37. The van der Waals surface area contributed by atoms with Gasteiger partial charge in [-0.25, -0.2) is 9.78 Å². The summed E-state index contributed by atoms with van der Waals surface area (Å²) >= 11 is 1.38. The monoisotopic (exact) mass is 364 g/mol. The Hall–Kier alpha value is -2.36. The van der Waals surface area contributed by atoms with Crippen LogP contribution in [-0.2, 0) is 4.74 Å². The lowest BCUT2D eigenvalue weighted by Crippen LogP contribution is -2.37. The number of rotatable bonds is 6. The SMILES string of the molecule is CSc1nnc(C(C)Nc2nccc(N3C(=O)OCC3C(C)C)n2)o1. The first-order valence-corrected chi connectivity index (χ1v) is 9.15. The largest absolute Gasteiger partial charge is 0.447 e. The van der Waals surface area contributed by atoms with Gasteiger partial charge in [-0.2, -0.15) is 4.98 Å². The van der Waals surface area contributed by atoms with Crippen LogP contribution in [0.4, 0.5) is 16.6 Å². The maximum absolute atomic E-state index is 12.1. The van der Waals surface area contributed by atoms with Crippen LogP contribution >= 0.6 is 11.8 Å². The number of carbonyl (C=O) groups is 1. The summed E-state index contributed by atoms with van der Waals surface area (Å²) in [5, 5.41) is 11.5. The highest BCUT2D eigenvalue weighted by atomic mass is 32.2. The Morgan fingerprint density at radius 3 is 2.84 bits per heavy atom. The Morgan fingerprint density at radius 2 is 2.16 bits per heavy atom. The van der Waals surface area contributed by atoms with Gasteiger partial charge in [0.15, 0.2) is 0 Å². The third kappa shape index (κ3) is 3.68. The molecule has 1 aliphatic rings. The van der Waals surface area contributed by atoms with Crippen LogP contribution in [0, 0.1) is 5.92 Å². The number of thioether (sulfide) groups is 1. The molecule has 2 aromatic heterocycles. The molecule has 0 saturated carbocycles. The third-order valence-corrected chi connectivity index (χ3v) is 4.39. The maximum atomic E-state index is 12.1. The summed E-state index contributed by atoms with van der Waals surface area (Å²) in [6.07, 6.45) is 3.07. The topological polar surface area (TPSA) is 106 Å². The van der Waals surface area contributed by atoms with Gasteiger partial charge in [0.1, 0.15) is 18.5 Å². The number of aromatic nitrogens is 4. The van der Waals surface area contributed by atoms with Crippen molar-refractivity contribution in [2.75, 3.05) is 23.1 Å². The van der Waals surface area contributed by atoms with Gasteiger partial charge in [-0.15, -0.1) is 10.2 Å². The molecular formula is C15H20N6O3S. The molecule has 134 valence electrons. The van der Waals surface area contributed by atoms with Crippen LogP contribution in [0.25, 0.3) is 0 Å². The number of hydrogen-bond donors (Lipinski definition) is 1. The van der Waals surface area contributed by atoms with Crippen molar-refractivity contribution >= 4 is 29.6 Å². The molecule has 0 radical (unpaired) electrons. The number of anilines is 2. The van der Waals surface area contributed by atoms with Gasteiger partial charge in [0.2, 0.25) is 11.8 Å². The molecule has 0 bridgehead atoms. The highest BCUT2D eigenvalue weighted by molar-refractivity contribution is 7.98. The average Bonchev–Trinajstić information content (AvgIpc) is 3.21. The zero-order valence-electron chi connectivity index (χ0n) is 14.5. The number of ether oxygens (including phenoxy) is 1. The second kappa shape index (κ2) is 7.26. The minimum Gasteiger partial charge on any atom is -0.447 e. The molecule has 1 fully saturated rings. The fourth-order valence-corrected chi connectivity index (χ4v) is 2.77. The molecule has 1 aliphatic heterocycles. The molecule has 1 N–H and O–H groups in total. The zero-order chi connectivity index (χ0) is 18.0. The molecule has 0 spiro atoms. The van der Waals surface area contributed by atoms with Gasteiger partial charge in [0.25, 0.3) is 5.22 Å². The number of carbonyl (C=O) groups excluding carboxylic acids is 1. The van der Waals surface area contributed by atoms with E-state index in [0.717, 1.165) is 0 Å². The minimum absolute atomic E-state index is 0.0484. The summed E-state index contributed by atoms with van der Waals surface area (Å²) in [4.78, 5) is 22.3. The predicted octanol–water partition coefficient (Wildman–Crippen LogP) is 2.74. The summed E-state index contributed by atoms with van der Waals surface area (Å²) in [7, 11) is 0. The maximum Gasteiger partial charge on any atom is 0.415 e. The van der Waals surface area contributed by atoms with Crippen LogP contribution in [0.2, 0.25) is 0 Å². The first kappa shape index (κ1) is 17.5. The van der Waals surface area contributed by atoms with Crippen molar-refractivity contribution in [2.24, 2.45) is 5.92 Å². The van der Waals surface area contributed by atoms with Crippen LogP contribution in [0.1, 0.15) is 32.7 Å². The Kier molecular flexibility index (Phi) is 5.07. The number of amides is 1. The highest BCUT2D eigenvalue weighted by Gasteiger charge is 2.37. The van der Waals surface area contributed by atoms with Crippen molar-refractivity contribution in [3.05, 3.63) is 18.2 Å². The van der Waals surface area contributed by atoms with E-state index < -0.39 is 6.09 Å². The number of hydrogen-bond acceptors (Lipinski definition) is 9. The summed E-state index contributed by atoms with van der Waals surface area (Å²) in [5.41, 5.74) is 0. The zero-order valence-corrected chi connectivity index (χ0v) is 15.3. The highest BCUT2D eigenvalue weighted by Crippen LogP contribution is 2.26. The van der Waals surface area contributed by atoms with Crippen LogP contribution < -0.4 is 10.2 Å². The van der Waals surface area contributed by atoms with Gasteiger partial charge >= 0.3 is 6.09 Å². The van der Waals surface area contributed by atoms with E-state index in [-0.39, 0.29) is 18.0 Å². The van der Waals surface area contributed by atoms with Gasteiger partial charge in [-0.05, 0) is 25.2 Å². The molecule has 0 aliphatic carbocycles. The smallest absolute Gasteiger partial charge is 0.415 e. The van der Waals surface area contributed by atoms with E-state index in [1.807, 2.05) is 27.0 Å². The van der Waals surface area contributed by atoms with Crippen molar-refractivity contribution in [1.29, 1.82) is 0 Å². The predicted molar refractivity (Wildman–Crippen MR) is 92.6 cm³/mol. The van der Waals surface area contributed by atoms with E-state index in [4.69, 9.17) is 9.15 Å². The fraction of sp³-hybridized carbons (Fsp3) is 0.533. The van der Waals surface area contributed by atoms with E-state index in [1.54, 1.807) is 17.2 Å². The number of cyclic esters (lactones) is 1. The normalized spacial score (nSPS) is 18.5. The molecule has 10 heteroatoms. The number of nitrogens with one attached hydrogen (secondary N) is 1. The first-order valence-electron chi connectivity index (χ1n) is 7.92. The van der Waals surface area contributed by atoms with E-state index in [2.05, 4.69) is 25.5 Å². The van der Waals surface area contributed by atoms with Crippen molar-refractivity contribution in [3.8, 4) is 0 Å². The molecule has 3 heterocycles. The second-order valence-corrected chi connectivity index (χ2v) is 6.73. The average molecular weight is 364 g/mol. The van der Waals surface area contributed by atoms with Gasteiger partial charge in [0, 0.05) is 6.20 Å². The molecule has 2 unspecified atom stereocenters. The molecule has 2 atom stereocenters. The van der Waals surface area contributed by atoms with E-state index >= 15 is 0 Å². The van der Waals surface area contributed by atoms with Crippen LogP contribution in [0.15, 0.2) is 21.9 Å². The van der Waals surface area contributed by atoms with E-state index in [9.17, 15) is 4.79 Å². The van der Waals surface area contributed by atoms with E-state index in [0.29, 0.717) is 29.5 Å². The summed E-state index contributed by atoms with van der Waals surface area (Å²) in [6.45, 7) is 6.32. The fourth-order valence-electron chi connectivity index (χ4n) is 2.48. The molecule has 2 aromatic rings. The summed E-state index contributed by atoms with van der Waals surface area (Å²) < 4.78 is 10.7. The molecule has 9 nitrogen and oxygen atoms in total. The van der Waals surface area contributed by atoms with Crippen LogP contribution in [-0.4, -0.2) is 45.2 Å². The quantitative estimate of drug-likeness (QED) is 0.774. The molecular weight excluding hydrogens is 344 g/mol. The van der Waals surface area contributed by atoms with Gasteiger partial charge in [-0.1, -0.05) is 25.6 Å². The van der Waals surface area contributed by atoms with Crippen molar-refractivity contribution in [1.82, 2.24) is 20.2 Å². The lowest BCUT2D eigenvalue weighted by atomic mass is 10.0. The Labute approximate surface area is 149 Å². The Bertz CT molecular complexity index is 752. The summed E-state index contributed by atoms with van der Waals surface area (Å²) in [5.74, 6) is 1.57. The third-order valence-electron chi connectivity index (χ3n) is 3.88. The minimum atomic E-state index is -0.391. The Morgan fingerprint density at radius 1 is 1.36 bits per heavy atom. The first-order chi connectivity index (χ1) is 12.0. The molecule has 1 saturated heterocycles. The molecule has 1 amide bonds. The van der Waals surface area contributed by atoms with Crippen molar-refractivity contribution in [3.63, 3.8) is 0 Å². The molecule has 25 heavy (non-hydrogen) atoms. The van der Waals surface area contributed by atoms with Gasteiger partial charge in [0.05, 0.1) is 6.04 Å². The molecule has 3 rings (SSSR count). The van der Waals surface area contributed by atoms with Crippen molar-refractivity contribution in [2.45, 2.75) is 38.1 Å². The van der Waals surface area contributed by atoms with Crippen LogP contribution in [0.5, 0.6) is 0 Å². The Balaban J connectivity index is 1.78. The standard InChI is InChI=1S/C15H20N6O3S/c1-8(2)10-7-23-15(22)21(10)11-5-6-16-13(18-11)17-9(3)12-19-20-14(24-12)25-4/h5-6,8-10H,7H2,1-4H3,(H,16,17,18). The molecule has 0 aromatic carbocycles. The lowest BCUT2D eigenvalue weighted by molar-refractivity contribution is 0.177. The number of nitrogens with zero attached hydrogens (tertiary/aromatic N) is 5.